The highest BCUT2D eigenvalue weighted by molar-refractivity contribution is 4.92. The summed E-state index contributed by atoms with van der Waals surface area (Å²) >= 11 is 0. The molecule has 0 spiro atoms. The van der Waals surface area contributed by atoms with E-state index in [0.717, 1.165) is 18.5 Å². The molecule has 82 valence electrons. The van der Waals surface area contributed by atoms with Gasteiger partial charge in [-0.15, -0.1) is 0 Å². The Morgan fingerprint density at radius 3 is 2.43 bits per heavy atom. The molecule has 2 aliphatic carbocycles. The molecule has 2 fully saturated rings. The zero-order valence-corrected chi connectivity index (χ0v) is 9.39. The maximum absolute atomic E-state index is 6.36. The average Bonchev–Trinajstić information content (AvgIpc) is 2.12. The quantitative estimate of drug-likeness (QED) is 0.725. The van der Waals surface area contributed by atoms with Gasteiger partial charge in [-0.05, 0) is 31.6 Å². The molecule has 2 nitrogen and oxygen atoms in total. The molecule has 14 heavy (non-hydrogen) atoms. The Hall–Kier alpha value is -0.0800. The minimum atomic E-state index is 0.122. The Labute approximate surface area is 87.6 Å². The van der Waals surface area contributed by atoms with Crippen LogP contribution in [0.5, 0.6) is 0 Å². The van der Waals surface area contributed by atoms with Crippen molar-refractivity contribution in [3.8, 4) is 0 Å². The zero-order chi connectivity index (χ0) is 10.0. The van der Waals surface area contributed by atoms with Crippen molar-refractivity contribution >= 4 is 0 Å². The van der Waals surface area contributed by atoms with Crippen molar-refractivity contribution in [2.75, 3.05) is 6.54 Å². The van der Waals surface area contributed by atoms with E-state index in [9.17, 15) is 0 Å². The number of rotatable bonds is 3. The lowest BCUT2D eigenvalue weighted by Crippen LogP contribution is -2.54. The highest BCUT2D eigenvalue weighted by atomic mass is 15.0. The molecular weight excluding hydrogens is 172 g/mol. The van der Waals surface area contributed by atoms with Gasteiger partial charge in [0.25, 0.3) is 0 Å². The fraction of sp³-hybridized carbons (Fsp3) is 1.00. The standard InChI is InChI=1S/C12H24N2/c1-10-7-11(8-10)14-9-12(13)5-3-2-4-6-12/h10-11,14H,2-9,13H2,1H3. The van der Waals surface area contributed by atoms with Gasteiger partial charge in [0, 0.05) is 18.1 Å². The second-order valence-corrected chi connectivity index (χ2v) is 5.58. The molecule has 3 N–H and O–H groups in total. The van der Waals surface area contributed by atoms with Crippen LogP contribution in [0.3, 0.4) is 0 Å². The fourth-order valence-electron chi connectivity index (χ4n) is 2.85. The lowest BCUT2D eigenvalue weighted by atomic mass is 9.79. The topological polar surface area (TPSA) is 38.0 Å². The average molecular weight is 196 g/mol. The summed E-state index contributed by atoms with van der Waals surface area (Å²) in [5, 5.41) is 3.63. The van der Waals surface area contributed by atoms with Gasteiger partial charge < -0.3 is 11.1 Å². The van der Waals surface area contributed by atoms with Crippen molar-refractivity contribution in [2.24, 2.45) is 11.7 Å². The molecule has 0 unspecified atom stereocenters. The zero-order valence-electron chi connectivity index (χ0n) is 9.39. The van der Waals surface area contributed by atoms with Gasteiger partial charge in [0.15, 0.2) is 0 Å². The normalized spacial score (nSPS) is 36.4. The molecule has 0 amide bonds. The Bertz CT molecular complexity index is 179. The number of nitrogens with one attached hydrogen (secondary N) is 1. The first kappa shape index (κ1) is 10.4. The van der Waals surface area contributed by atoms with Crippen LogP contribution in [-0.4, -0.2) is 18.1 Å². The summed E-state index contributed by atoms with van der Waals surface area (Å²) in [6.07, 6.45) is 9.22. The third-order valence-electron chi connectivity index (χ3n) is 3.97. The third-order valence-corrected chi connectivity index (χ3v) is 3.97. The molecule has 0 aromatic rings. The molecule has 0 bridgehead atoms. The molecule has 0 aromatic heterocycles. The largest absolute Gasteiger partial charge is 0.324 e. The molecule has 2 rings (SSSR count). The third kappa shape index (κ3) is 2.48. The van der Waals surface area contributed by atoms with Crippen molar-refractivity contribution < 1.29 is 0 Å². The summed E-state index contributed by atoms with van der Waals surface area (Å²) in [6, 6.07) is 0.771. The molecule has 0 radical (unpaired) electrons. The van der Waals surface area contributed by atoms with E-state index in [2.05, 4.69) is 12.2 Å². The summed E-state index contributed by atoms with van der Waals surface area (Å²) in [6.45, 7) is 3.38. The summed E-state index contributed by atoms with van der Waals surface area (Å²) < 4.78 is 0. The molecular formula is C12H24N2. The summed E-state index contributed by atoms with van der Waals surface area (Å²) in [7, 11) is 0. The van der Waals surface area contributed by atoms with Crippen molar-refractivity contribution in [2.45, 2.75) is 63.5 Å². The predicted octanol–water partition coefficient (Wildman–Crippen LogP) is 2.04. The summed E-state index contributed by atoms with van der Waals surface area (Å²) in [5.41, 5.74) is 6.48. The summed E-state index contributed by atoms with van der Waals surface area (Å²) in [4.78, 5) is 0. The number of hydrogen-bond donors (Lipinski definition) is 2. The molecule has 0 saturated heterocycles. The highest BCUT2D eigenvalue weighted by Gasteiger charge is 2.30. The minimum absolute atomic E-state index is 0.122. The molecule has 0 aromatic carbocycles. The van der Waals surface area contributed by atoms with E-state index in [1.54, 1.807) is 0 Å². The van der Waals surface area contributed by atoms with Crippen molar-refractivity contribution in [3.05, 3.63) is 0 Å². The molecule has 2 saturated carbocycles. The Kier molecular flexibility index (Phi) is 3.13. The van der Waals surface area contributed by atoms with Crippen LogP contribution in [0, 0.1) is 5.92 Å². The maximum Gasteiger partial charge on any atom is 0.0280 e. The fourth-order valence-corrected chi connectivity index (χ4v) is 2.85. The Morgan fingerprint density at radius 2 is 1.86 bits per heavy atom. The van der Waals surface area contributed by atoms with Crippen LogP contribution >= 0.6 is 0 Å². The van der Waals surface area contributed by atoms with Crippen LogP contribution in [0.15, 0.2) is 0 Å². The van der Waals surface area contributed by atoms with Crippen LogP contribution in [0.25, 0.3) is 0 Å². The Morgan fingerprint density at radius 1 is 1.21 bits per heavy atom. The van der Waals surface area contributed by atoms with E-state index in [1.165, 1.54) is 44.9 Å². The van der Waals surface area contributed by atoms with Gasteiger partial charge in [-0.2, -0.15) is 0 Å². The van der Waals surface area contributed by atoms with Crippen LogP contribution < -0.4 is 11.1 Å². The van der Waals surface area contributed by atoms with Crippen molar-refractivity contribution in [1.29, 1.82) is 0 Å². The van der Waals surface area contributed by atoms with E-state index in [1.807, 2.05) is 0 Å². The van der Waals surface area contributed by atoms with Gasteiger partial charge in [0.05, 0.1) is 0 Å². The lowest BCUT2D eigenvalue weighted by Gasteiger charge is -2.39. The van der Waals surface area contributed by atoms with Crippen LogP contribution in [-0.2, 0) is 0 Å². The van der Waals surface area contributed by atoms with E-state index in [0.29, 0.717) is 0 Å². The van der Waals surface area contributed by atoms with Crippen molar-refractivity contribution in [3.63, 3.8) is 0 Å². The monoisotopic (exact) mass is 196 g/mol. The SMILES string of the molecule is CC1CC(NCC2(N)CCCCC2)C1. The van der Waals surface area contributed by atoms with Crippen LogP contribution in [0.4, 0.5) is 0 Å². The first-order valence-corrected chi connectivity index (χ1v) is 6.20. The van der Waals surface area contributed by atoms with E-state index < -0.39 is 0 Å². The maximum atomic E-state index is 6.36. The highest BCUT2D eigenvalue weighted by Crippen LogP contribution is 2.29. The van der Waals surface area contributed by atoms with Crippen molar-refractivity contribution in [1.82, 2.24) is 5.32 Å². The molecule has 0 atom stereocenters. The molecule has 0 heterocycles. The van der Waals surface area contributed by atoms with Crippen LogP contribution in [0.1, 0.15) is 51.9 Å². The minimum Gasteiger partial charge on any atom is -0.324 e. The predicted molar refractivity (Wildman–Crippen MR) is 60.2 cm³/mol. The van der Waals surface area contributed by atoms with E-state index >= 15 is 0 Å². The number of hydrogen-bond acceptors (Lipinski definition) is 2. The van der Waals surface area contributed by atoms with E-state index in [-0.39, 0.29) is 5.54 Å². The first-order valence-electron chi connectivity index (χ1n) is 6.20. The van der Waals surface area contributed by atoms with Gasteiger partial charge in [-0.3, -0.25) is 0 Å². The smallest absolute Gasteiger partial charge is 0.0280 e. The second-order valence-electron chi connectivity index (χ2n) is 5.58. The van der Waals surface area contributed by atoms with Crippen LogP contribution in [0.2, 0.25) is 0 Å². The lowest BCUT2D eigenvalue weighted by molar-refractivity contribution is 0.205. The molecule has 2 heteroatoms. The van der Waals surface area contributed by atoms with E-state index in [4.69, 9.17) is 5.73 Å². The van der Waals surface area contributed by atoms with Gasteiger partial charge in [-0.1, -0.05) is 26.2 Å². The van der Waals surface area contributed by atoms with Gasteiger partial charge in [0.1, 0.15) is 0 Å². The Balaban J connectivity index is 1.68. The summed E-state index contributed by atoms with van der Waals surface area (Å²) in [5.74, 6) is 0.938. The van der Waals surface area contributed by atoms with Gasteiger partial charge in [-0.25, -0.2) is 0 Å². The van der Waals surface area contributed by atoms with Gasteiger partial charge >= 0.3 is 0 Å². The first-order chi connectivity index (χ1) is 6.68. The number of nitrogens with two attached hydrogens (primary N) is 1. The molecule has 0 aliphatic heterocycles. The molecule has 2 aliphatic rings. The van der Waals surface area contributed by atoms with Gasteiger partial charge in [0.2, 0.25) is 0 Å². The second kappa shape index (κ2) is 4.19.